The standard InChI is InChI=1S/C12H12BrFO/c13-8-5-6-9(11(14)7-8)10-3-1-2-4-12(10)15/h5-7,10H,1-4H2. The smallest absolute Gasteiger partial charge is 0.140 e. The molecule has 1 atom stereocenters. The Morgan fingerprint density at radius 1 is 1.33 bits per heavy atom. The maximum Gasteiger partial charge on any atom is 0.140 e. The molecule has 1 nitrogen and oxygen atoms in total. The minimum atomic E-state index is -0.273. The van der Waals surface area contributed by atoms with Gasteiger partial charge in [0.2, 0.25) is 0 Å². The molecule has 1 fully saturated rings. The summed E-state index contributed by atoms with van der Waals surface area (Å²) in [5.74, 6) is -0.307. The van der Waals surface area contributed by atoms with Gasteiger partial charge in [-0.25, -0.2) is 4.39 Å². The minimum Gasteiger partial charge on any atom is -0.299 e. The molecule has 0 heterocycles. The number of rotatable bonds is 1. The highest BCUT2D eigenvalue weighted by molar-refractivity contribution is 9.10. The fraction of sp³-hybridized carbons (Fsp3) is 0.417. The van der Waals surface area contributed by atoms with Gasteiger partial charge >= 0.3 is 0 Å². The van der Waals surface area contributed by atoms with Crippen molar-refractivity contribution in [2.75, 3.05) is 0 Å². The van der Waals surface area contributed by atoms with E-state index in [2.05, 4.69) is 15.9 Å². The number of hydrogen-bond donors (Lipinski definition) is 0. The van der Waals surface area contributed by atoms with E-state index in [0.29, 0.717) is 16.5 Å². The van der Waals surface area contributed by atoms with Gasteiger partial charge in [-0.05, 0) is 30.5 Å². The molecular weight excluding hydrogens is 259 g/mol. The minimum absolute atomic E-state index is 0.183. The Morgan fingerprint density at radius 2 is 2.13 bits per heavy atom. The normalized spacial score (nSPS) is 21.7. The van der Waals surface area contributed by atoms with Crippen LogP contribution in [-0.2, 0) is 4.79 Å². The summed E-state index contributed by atoms with van der Waals surface area (Å²) >= 11 is 3.21. The number of ketones is 1. The average Bonchev–Trinajstić information content (AvgIpc) is 2.20. The molecule has 15 heavy (non-hydrogen) atoms. The molecule has 80 valence electrons. The van der Waals surface area contributed by atoms with Crippen LogP contribution < -0.4 is 0 Å². The van der Waals surface area contributed by atoms with Crippen molar-refractivity contribution in [2.24, 2.45) is 0 Å². The fourth-order valence-electron chi connectivity index (χ4n) is 2.10. The van der Waals surface area contributed by atoms with Crippen LogP contribution in [0.2, 0.25) is 0 Å². The van der Waals surface area contributed by atoms with Crippen molar-refractivity contribution in [1.82, 2.24) is 0 Å². The SMILES string of the molecule is O=C1CCCCC1c1ccc(Br)cc1F. The van der Waals surface area contributed by atoms with Crippen molar-refractivity contribution in [3.63, 3.8) is 0 Å². The third-order valence-electron chi connectivity index (χ3n) is 2.89. The Morgan fingerprint density at radius 3 is 2.80 bits per heavy atom. The molecular formula is C12H12BrFO. The van der Waals surface area contributed by atoms with Crippen LogP contribution in [0.15, 0.2) is 22.7 Å². The molecule has 0 spiro atoms. The molecule has 1 aromatic rings. The molecule has 0 aromatic heterocycles. The van der Waals surface area contributed by atoms with E-state index in [4.69, 9.17) is 0 Å². The van der Waals surface area contributed by atoms with E-state index in [0.717, 1.165) is 19.3 Å². The molecule has 1 saturated carbocycles. The summed E-state index contributed by atoms with van der Waals surface area (Å²) in [5, 5.41) is 0. The van der Waals surface area contributed by atoms with Gasteiger partial charge in [0.15, 0.2) is 0 Å². The van der Waals surface area contributed by atoms with Crippen LogP contribution in [0.5, 0.6) is 0 Å². The lowest BCUT2D eigenvalue weighted by molar-refractivity contribution is -0.121. The highest BCUT2D eigenvalue weighted by Gasteiger charge is 2.25. The highest BCUT2D eigenvalue weighted by atomic mass is 79.9. The Labute approximate surface area is 96.8 Å². The molecule has 1 unspecified atom stereocenters. The van der Waals surface area contributed by atoms with E-state index >= 15 is 0 Å². The number of carbonyl (C=O) groups is 1. The highest BCUT2D eigenvalue weighted by Crippen LogP contribution is 2.32. The van der Waals surface area contributed by atoms with E-state index < -0.39 is 0 Å². The number of Topliss-reactive ketones (excluding diaryl/α,β-unsaturated/α-hetero) is 1. The molecule has 3 heteroatoms. The zero-order chi connectivity index (χ0) is 10.8. The Hall–Kier alpha value is -0.700. The topological polar surface area (TPSA) is 17.1 Å². The van der Waals surface area contributed by atoms with Crippen molar-refractivity contribution >= 4 is 21.7 Å². The molecule has 0 radical (unpaired) electrons. The number of benzene rings is 1. The zero-order valence-corrected chi connectivity index (χ0v) is 9.89. The van der Waals surface area contributed by atoms with Gasteiger partial charge in [-0.1, -0.05) is 28.4 Å². The predicted octanol–water partition coefficient (Wildman–Crippen LogP) is 3.81. The largest absolute Gasteiger partial charge is 0.299 e. The maximum absolute atomic E-state index is 13.6. The summed E-state index contributed by atoms with van der Waals surface area (Å²) in [7, 11) is 0. The van der Waals surface area contributed by atoms with Crippen LogP contribution in [0.25, 0.3) is 0 Å². The van der Waals surface area contributed by atoms with Crippen LogP contribution in [0.3, 0.4) is 0 Å². The molecule has 2 rings (SSSR count). The molecule has 0 saturated heterocycles. The van der Waals surface area contributed by atoms with Gasteiger partial charge in [0.05, 0.1) is 0 Å². The van der Waals surface area contributed by atoms with Gasteiger partial charge < -0.3 is 0 Å². The van der Waals surface area contributed by atoms with Crippen molar-refractivity contribution in [3.8, 4) is 0 Å². The van der Waals surface area contributed by atoms with Crippen LogP contribution in [0, 0.1) is 5.82 Å². The maximum atomic E-state index is 13.6. The summed E-state index contributed by atoms with van der Waals surface area (Å²) in [6.45, 7) is 0. The fourth-order valence-corrected chi connectivity index (χ4v) is 2.43. The first-order chi connectivity index (χ1) is 7.18. The first-order valence-corrected chi connectivity index (χ1v) is 5.95. The molecule has 1 aromatic carbocycles. The van der Waals surface area contributed by atoms with Gasteiger partial charge in [-0.3, -0.25) is 4.79 Å². The summed E-state index contributed by atoms with van der Waals surface area (Å²) in [6, 6.07) is 4.94. The van der Waals surface area contributed by atoms with E-state index in [1.54, 1.807) is 12.1 Å². The third kappa shape index (κ3) is 2.28. The van der Waals surface area contributed by atoms with Gasteiger partial charge in [-0.2, -0.15) is 0 Å². The van der Waals surface area contributed by atoms with Crippen molar-refractivity contribution in [3.05, 3.63) is 34.1 Å². The molecule has 1 aliphatic rings. The second-order valence-corrected chi connectivity index (χ2v) is 4.85. The molecule has 0 amide bonds. The van der Waals surface area contributed by atoms with Gasteiger partial charge in [0.25, 0.3) is 0 Å². The Bertz CT molecular complexity index is 389. The number of hydrogen-bond acceptors (Lipinski definition) is 1. The van der Waals surface area contributed by atoms with Crippen molar-refractivity contribution < 1.29 is 9.18 Å². The van der Waals surface area contributed by atoms with E-state index in [1.807, 2.05) is 0 Å². The lowest BCUT2D eigenvalue weighted by atomic mass is 9.83. The Kier molecular flexibility index (Phi) is 3.19. The monoisotopic (exact) mass is 270 g/mol. The van der Waals surface area contributed by atoms with E-state index in [-0.39, 0.29) is 17.5 Å². The van der Waals surface area contributed by atoms with Crippen LogP contribution >= 0.6 is 15.9 Å². The first-order valence-electron chi connectivity index (χ1n) is 5.16. The van der Waals surface area contributed by atoms with Crippen molar-refractivity contribution in [1.29, 1.82) is 0 Å². The van der Waals surface area contributed by atoms with E-state index in [9.17, 15) is 9.18 Å². The quantitative estimate of drug-likeness (QED) is 0.759. The predicted molar refractivity (Wildman–Crippen MR) is 60.3 cm³/mol. The van der Waals surface area contributed by atoms with Crippen molar-refractivity contribution in [2.45, 2.75) is 31.6 Å². The lowest BCUT2D eigenvalue weighted by Crippen LogP contribution is -2.18. The molecule has 0 aliphatic heterocycles. The first kappa shape index (κ1) is 10.8. The zero-order valence-electron chi connectivity index (χ0n) is 8.30. The van der Waals surface area contributed by atoms with E-state index in [1.165, 1.54) is 6.07 Å². The van der Waals surface area contributed by atoms with Gasteiger partial charge in [0, 0.05) is 16.8 Å². The number of halogens is 2. The Balaban J connectivity index is 2.31. The molecule has 1 aliphatic carbocycles. The molecule has 0 N–H and O–H groups in total. The lowest BCUT2D eigenvalue weighted by Gasteiger charge is -2.21. The summed E-state index contributed by atoms with van der Waals surface area (Å²) < 4.78 is 14.3. The van der Waals surface area contributed by atoms with Gasteiger partial charge in [-0.15, -0.1) is 0 Å². The van der Waals surface area contributed by atoms with Gasteiger partial charge in [0.1, 0.15) is 11.6 Å². The summed E-state index contributed by atoms with van der Waals surface area (Å²) in [5.41, 5.74) is 0.558. The average molecular weight is 271 g/mol. The molecule has 0 bridgehead atoms. The summed E-state index contributed by atoms with van der Waals surface area (Å²) in [6.07, 6.45) is 3.36. The van der Waals surface area contributed by atoms with Crippen LogP contribution in [0.4, 0.5) is 4.39 Å². The van der Waals surface area contributed by atoms with Crippen LogP contribution in [-0.4, -0.2) is 5.78 Å². The summed E-state index contributed by atoms with van der Waals surface area (Å²) in [4.78, 5) is 11.7. The third-order valence-corrected chi connectivity index (χ3v) is 3.39. The second-order valence-electron chi connectivity index (χ2n) is 3.93. The number of carbonyl (C=O) groups excluding carboxylic acids is 1. The van der Waals surface area contributed by atoms with Crippen LogP contribution in [0.1, 0.15) is 37.2 Å². The second kappa shape index (κ2) is 4.44.